The SMILES string of the molecule is ClCCc1ncc(-c2nscc2Br)o1. The molecule has 0 spiro atoms. The Bertz CT molecular complexity index is 428. The molecule has 2 rings (SSSR count). The molecule has 0 fully saturated rings. The molecule has 0 aromatic carbocycles. The van der Waals surface area contributed by atoms with Crippen LogP contribution in [0.2, 0.25) is 0 Å². The Morgan fingerprint density at radius 2 is 2.43 bits per heavy atom. The average Bonchev–Trinajstić information content (AvgIpc) is 2.74. The molecule has 0 saturated carbocycles. The van der Waals surface area contributed by atoms with Crippen LogP contribution < -0.4 is 0 Å². The van der Waals surface area contributed by atoms with Gasteiger partial charge in [-0.1, -0.05) is 0 Å². The van der Waals surface area contributed by atoms with Gasteiger partial charge >= 0.3 is 0 Å². The first-order valence-electron chi connectivity index (χ1n) is 3.92. The minimum Gasteiger partial charge on any atom is -0.439 e. The van der Waals surface area contributed by atoms with Gasteiger partial charge in [0.25, 0.3) is 0 Å². The fourth-order valence-corrected chi connectivity index (χ4v) is 2.37. The summed E-state index contributed by atoms with van der Waals surface area (Å²) in [7, 11) is 0. The van der Waals surface area contributed by atoms with Crippen molar-refractivity contribution in [2.45, 2.75) is 6.42 Å². The van der Waals surface area contributed by atoms with E-state index < -0.39 is 0 Å². The van der Waals surface area contributed by atoms with E-state index in [1.807, 2.05) is 5.38 Å². The molecule has 0 radical (unpaired) electrons. The van der Waals surface area contributed by atoms with Crippen molar-refractivity contribution in [3.8, 4) is 11.5 Å². The van der Waals surface area contributed by atoms with Crippen molar-refractivity contribution in [2.24, 2.45) is 0 Å². The zero-order chi connectivity index (χ0) is 9.97. The number of alkyl halides is 1. The first-order chi connectivity index (χ1) is 6.81. The fraction of sp³-hybridized carbons (Fsp3) is 0.250. The number of rotatable bonds is 3. The number of nitrogens with zero attached hydrogens (tertiary/aromatic N) is 2. The van der Waals surface area contributed by atoms with E-state index in [2.05, 4.69) is 25.3 Å². The Morgan fingerprint density at radius 3 is 3.07 bits per heavy atom. The molecule has 2 aromatic rings. The van der Waals surface area contributed by atoms with Gasteiger partial charge in [-0.05, 0) is 27.5 Å². The van der Waals surface area contributed by atoms with Gasteiger partial charge in [0.1, 0.15) is 5.69 Å². The monoisotopic (exact) mass is 292 g/mol. The molecule has 14 heavy (non-hydrogen) atoms. The van der Waals surface area contributed by atoms with Gasteiger partial charge in [0, 0.05) is 17.7 Å². The molecule has 6 heteroatoms. The Kier molecular flexibility index (Phi) is 3.20. The van der Waals surface area contributed by atoms with Crippen LogP contribution in [0.5, 0.6) is 0 Å². The Hall–Kier alpha value is -0.390. The van der Waals surface area contributed by atoms with Gasteiger partial charge in [0.05, 0.1) is 10.7 Å². The van der Waals surface area contributed by atoms with E-state index in [0.717, 1.165) is 10.2 Å². The van der Waals surface area contributed by atoms with Crippen LogP contribution in [0.3, 0.4) is 0 Å². The van der Waals surface area contributed by atoms with E-state index >= 15 is 0 Å². The topological polar surface area (TPSA) is 38.9 Å². The summed E-state index contributed by atoms with van der Waals surface area (Å²) in [5.74, 6) is 1.84. The lowest BCUT2D eigenvalue weighted by Gasteiger charge is -1.90. The lowest BCUT2D eigenvalue weighted by Crippen LogP contribution is -1.83. The molecular formula is C8H6BrClN2OS. The second-order valence-corrected chi connectivity index (χ2v) is 4.43. The maximum Gasteiger partial charge on any atom is 0.196 e. The Labute approximate surface area is 98.4 Å². The van der Waals surface area contributed by atoms with Crippen molar-refractivity contribution in [1.82, 2.24) is 9.36 Å². The molecule has 0 amide bonds. The molecule has 0 aliphatic carbocycles. The van der Waals surface area contributed by atoms with Crippen molar-refractivity contribution in [3.63, 3.8) is 0 Å². The molecule has 3 nitrogen and oxygen atoms in total. The molecular weight excluding hydrogens is 288 g/mol. The molecule has 2 aromatic heterocycles. The smallest absolute Gasteiger partial charge is 0.196 e. The summed E-state index contributed by atoms with van der Waals surface area (Å²) in [4.78, 5) is 4.10. The quantitative estimate of drug-likeness (QED) is 0.815. The summed E-state index contributed by atoms with van der Waals surface area (Å²) in [5, 5.41) is 1.90. The zero-order valence-corrected chi connectivity index (χ0v) is 10.2. The maximum absolute atomic E-state index is 5.58. The molecule has 0 bridgehead atoms. The normalized spacial score (nSPS) is 10.7. The van der Waals surface area contributed by atoms with Crippen molar-refractivity contribution in [2.75, 3.05) is 5.88 Å². The molecule has 0 aliphatic heterocycles. The number of halogens is 2. The lowest BCUT2D eigenvalue weighted by molar-refractivity contribution is 0.513. The summed E-state index contributed by atoms with van der Waals surface area (Å²) in [6, 6.07) is 0. The standard InChI is InChI=1S/C8H6BrClN2OS/c9-5-4-14-12-8(5)6-3-11-7(13-6)1-2-10/h3-4H,1-2H2. The summed E-state index contributed by atoms with van der Waals surface area (Å²) in [5.41, 5.74) is 0.795. The van der Waals surface area contributed by atoms with Crippen LogP contribution in [0.25, 0.3) is 11.5 Å². The minimum absolute atomic E-state index is 0.512. The van der Waals surface area contributed by atoms with Crippen LogP contribution >= 0.6 is 39.1 Å². The van der Waals surface area contributed by atoms with Gasteiger partial charge in [-0.25, -0.2) is 4.98 Å². The third kappa shape index (κ3) is 1.99. The van der Waals surface area contributed by atoms with E-state index in [1.54, 1.807) is 6.20 Å². The second-order valence-electron chi connectivity index (χ2n) is 2.57. The Balaban J connectivity index is 2.29. The van der Waals surface area contributed by atoms with Gasteiger partial charge < -0.3 is 4.42 Å². The summed E-state index contributed by atoms with van der Waals surface area (Å²) in [6.07, 6.45) is 2.31. The highest BCUT2D eigenvalue weighted by Gasteiger charge is 2.11. The number of oxazole rings is 1. The third-order valence-electron chi connectivity index (χ3n) is 1.62. The van der Waals surface area contributed by atoms with Crippen molar-refractivity contribution in [1.29, 1.82) is 0 Å². The largest absolute Gasteiger partial charge is 0.439 e. The van der Waals surface area contributed by atoms with Crippen LogP contribution in [0.1, 0.15) is 5.89 Å². The molecule has 0 unspecified atom stereocenters. The highest BCUT2D eigenvalue weighted by atomic mass is 79.9. The molecule has 74 valence electrons. The molecule has 0 N–H and O–H groups in total. The molecule has 0 atom stereocenters. The van der Waals surface area contributed by atoms with E-state index in [-0.39, 0.29) is 0 Å². The minimum atomic E-state index is 0.512. The van der Waals surface area contributed by atoms with Gasteiger partial charge in [-0.2, -0.15) is 4.37 Å². The average molecular weight is 294 g/mol. The number of hydrogen-bond donors (Lipinski definition) is 0. The third-order valence-corrected chi connectivity index (χ3v) is 3.35. The molecule has 2 heterocycles. The fourth-order valence-electron chi connectivity index (χ4n) is 1.00. The van der Waals surface area contributed by atoms with Gasteiger partial charge in [-0.3, -0.25) is 0 Å². The summed E-state index contributed by atoms with van der Waals surface area (Å²) in [6.45, 7) is 0. The Morgan fingerprint density at radius 1 is 1.57 bits per heavy atom. The summed E-state index contributed by atoms with van der Waals surface area (Å²) < 4.78 is 10.6. The van der Waals surface area contributed by atoms with Crippen LogP contribution in [-0.4, -0.2) is 15.2 Å². The maximum atomic E-state index is 5.58. The predicted octanol–water partition coefficient (Wildman–Crippen LogP) is 3.34. The van der Waals surface area contributed by atoms with Gasteiger partial charge in [0.15, 0.2) is 11.7 Å². The van der Waals surface area contributed by atoms with Crippen molar-refractivity contribution < 1.29 is 4.42 Å². The van der Waals surface area contributed by atoms with E-state index in [4.69, 9.17) is 16.0 Å². The number of hydrogen-bond acceptors (Lipinski definition) is 4. The number of aryl methyl sites for hydroxylation is 1. The van der Waals surface area contributed by atoms with Crippen LogP contribution in [0.15, 0.2) is 20.5 Å². The predicted molar refractivity (Wildman–Crippen MR) is 59.7 cm³/mol. The zero-order valence-electron chi connectivity index (χ0n) is 7.04. The lowest BCUT2D eigenvalue weighted by atomic mass is 10.4. The second kappa shape index (κ2) is 4.42. The van der Waals surface area contributed by atoms with E-state index in [0.29, 0.717) is 24.0 Å². The summed E-state index contributed by atoms with van der Waals surface area (Å²) >= 11 is 10.3. The van der Waals surface area contributed by atoms with E-state index in [1.165, 1.54) is 11.5 Å². The van der Waals surface area contributed by atoms with Crippen LogP contribution in [-0.2, 0) is 6.42 Å². The first-order valence-corrected chi connectivity index (χ1v) is 6.08. The molecule has 0 aliphatic rings. The van der Waals surface area contributed by atoms with Crippen LogP contribution in [0, 0.1) is 0 Å². The van der Waals surface area contributed by atoms with E-state index in [9.17, 15) is 0 Å². The van der Waals surface area contributed by atoms with Gasteiger partial charge in [0.2, 0.25) is 0 Å². The first kappa shape index (κ1) is 10.1. The van der Waals surface area contributed by atoms with Crippen LogP contribution in [0.4, 0.5) is 0 Å². The highest BCUT2D eigenvalue weighted by molar-refractivity contribution is 9.10. The van der Waals surface area contributed by atoms with Gasteiger partial charge in [-0.15, -0.1) is 11.6 Å². The highest BCUT2D eigenvalue weighted by Crippen LogP contribution is 2.28. The van der Waals surface area contributed by atoms with Crippen molar-refractivity contribution >= 4 is 39.1 Å². The van der Waals surface area contributed by atoms with Crippen molar-refractivity contribution in [3.05, 3.63) is 21.9 Å². The molecule has 0 saturated heterocycles. The number of aromatic nitrogens is 2.